The largest absolute Gasteiger partial charge is 0.412 e. The molecule has 2 N–H and O–H groups in total. The third-order valence-electron chi connectivity index (χ3n) is 0.354. The van der Waals surface area contributed by atoms with Crippen LogP contribution in [0.15, 0.2) is 0 Å². The topological polar surface area (TPSA) is 31.5 Å². The summed E-state index contributed by atoms with van der Waals surface area (Å²) in [6.45, 7) is 2.27. The van der Waals surface area contributed by atoms with Gasteiger partial charge < -0.3 is 5.48 Å². The van der Waals surface area contributed by atoms with Crippen LogP contribution in [-0.2, 0) is 0 Å². The first kappa shape index (κ1) is 9.30. The van der Waals surface area contributed by atoms with Crippen LogP contribution in [0.25, 0.3) is 0 Å². The van der Waals surface area contributed by atoms with Gasteiger partial charge in [-0.25, -0.2) is 0 Å². The average Bonchev–Trinajstić information content (AvgIpc) is 1.37. The SMILES string of the molecule is C[CH2][Pb][CH3].O. The zero-order chi connectivity index (χ0) is 3.41. The predicted octanol–water partition coefficient (Wildman–Crippen LogP) is 0.352. The second kappa shape index (κ2) is 8.86. The smallest absolute Gasteiger partial charge is 0.412 e. The molecular formula is C3H10OPb. The molecule has 5 heavy (non-hydrogen) atoms. The van der Waals surface area contributed by atoms with Crippen molar-refractivity contribution in [1.82, 2.24) is 0 Å². The third-order valence-corrected chi connectivity index (χ3v) is 3.10. The van der Waals surface area contributed by atoms with Crippen molar-refractivity contribution in [1.29, 1.82) is 0 Å². The summed E-state index contributed by atoms with van der Waals surface area (Å²) in [5.41, 5.74) is 0. The number of rotatable bonds is 1. The maximum absolute atomic E-state index is 2.38. The minimum absolute atomic E-state index is 0. The Labute approximate surface area is 45.3 Å². The van der Waals surface area contributed by atoms with E-state index in [2.05, 4.69) is 11.4 Å². The molecule has 0 spiro atoms. The van der Waals surface area contributed by atoms with E-state index in [4.69, 9.17) is 0 Å². The van der Waals surface area contributed by atoms with Gasteiger partial charge in [0.25, 0.3) is 0 Å². The van der Waals surface area contributed by atoms with Gasteiger partial charge in [0, 0.05) is 0 Å². The van der Waals surface area contributed by atoms with E-state index in [1.807, 2.05) is 0 Å². The van der Waals surface area contributed by atoms with Crippen molar-refractivity contribution in [3.05, 3.63) is 0 Å². The molecule has 2 heteroatoms. The van der Waals surface area contributed by atoms with Crippen LogP contribution in [0.1, 0.15) is 6.92 Å². The molecule has 0 aliphatic rings. The second-order valence-corrected chi connectivity index (χ2v) is 6.20. The van der Waals surface area contributed by atoms with E-state index < -0.39 is 0 Å². The van der Waals surface area contributed by atoms with Crippen LogP contribution in [0.3, 0.4) is 0 Å². The Kier molecular flexibility index (Phi) is 16.5. The summed E-state index contributed by atoms with van der Waals surface area (Å²) in [5.74, 6) is 0. The Morgan fingerprint density at radius 3 is 1.80 bits per heavy atom. The molecule has 2 radical (unpaired) electrons. The van der Waals surface area contributed by atoms with Crippen LogP contribution >= 0.6 is 0 Å². The fourth-order valence-corrected chi connectivity index (χ4v) is 0. The zero-order valence-corrected chi connectivity index (χ0v) is 7.59. The summed E-state index contributed by atoms with van der Waals surface area (Å²) in [4.78, 5) is 0. The molecule has 0 aliphatic carbocycles. The first-order valence-electron chi connectivity index (χ1n) is 1.56. The average molecular weight is 269 g/mol. The van der Waals surface area contributed by atoms with Gasteiger partial charge in [-0.05, 0) is 0 Å². The van der Waals surface area contributed by atoms with E-state index >= 15 is 0 Å². The molecule has 0 amide bonds. The molecule has 0 unspecified atom stereocenters. The van der Waals surface area contributed by atoms with Crippen LogP contribution in [-0.4, -0.2) is 29.7 Å². The monoisotopic (exact) mass is 270 g/mol. The summed E-state index contributed by atoms with van der Waals surface area (Å²) in [7, 11) is 0. The Morgan fingerprint density at radius 2 is 1.80 bits per heavy atom. The van der Waals surface area contributed by atoms with Crippen LogP contribution in [0.5, 0.6) is 0 Å². The molecule has 0 aliphatic heterocycles. The van der Waals surface area contributed by atoms with Crippen LogP contribution in [0, 0.1) is 0 Å². The first-order valence-corrected chi connectivity index (χ1v) is 8.20. The standard InChI is InChI=1S/C2H5.CH3.H2O.Pb/c1-2;;;/h1H2,2H3;1H3;1H2;. The summed E-state index contributed by atoms with van der Waals surface area (Å²) < 4.78 is 3.89. The Morgan fingerprint density at radius 1 is 1.60 bits per heavy atom. The fraction of sp³-hybridized carbons (Fsp3) is 1.00. The minimum atomic E-state index is 0. The second-order valence-electron chi connectivity index (χ2n) is 0.707. The molecule has 0 aromatic heterocycles. The van der Waals surface area contributed by atoms with Crippen LogP contribution < -0.4 is 0 Å². The molecule has 0 aromatic carbocycles. The van der Waals surface area contributed by atoms with Crippen molar-refractivity contribution >= 4 is 24.2 Å². The van der Waals surface area contributed by atoms with E-state index in [0.717, 1.165) is 0 Å². The van der Waals surface area contributed by atoms with Crippen LogP contribution in [0.2, 0.25) is 8.46 Å². The molecule has 0 saturated carbocycles. The van der Waals surface area contributed by atoms with Gasteiger partial charge in [-0.15, -0.1) is 0 Å². The van der Waals surface area contributed by atoms with Crippen LogP contribution in [0.4, 0.5) is 0 Å². The molecule has 32 valence electrons. The van der Waals surface area contributed by atoms with Gasteiger partial charge in [0.05, 0.1) is 0 Å². The van der Waals surface area contributed by atoms with Gasteiger partial charge in [0.2, 0.25) is 0 Å². The maximum atomic E-state index is 2.38. The van der Waals surface area contributed by atoms with E-state index in [-0.39, 0.29) is 29.7 Å². The van der Waals surface area contributed by atoms with Gasteiger partial charge in [0.1, 0.15) is 0 Å². The number of hydrogen-bond acceptors (Lipinski definition) is 0. The van der Waals surface area contributed by atoms with Crippen molar-refractivity contribution in [2.75, 3.05) is 0 Å². The van der Waals surface area contributed by atoms with Gasteiger partial charge in [-0.3, -0.25) is 0 Å². The van der Waals surface area contributed by atoms with E-state index in [0.29, 0.717) is 0 Å². The Bertz CT molecular complexity index is 8.85. The first-order chi connectivity index (χ1) is 1.91. The molecule has 0 bridgehead atoms. The van der Waals surface area contributed by atoms with Crippen molar-refractivity contribution in [3.63, 3.8) is 0 Å². The van der Waals surface area contributed by atoms with Crippen molar-refractivity contribution in [3.8, 4) is 0 Å². The Balaban J connectivity index is 0. The zero-order valence-electron chi connectivity index (χ0n) is 3.71. The number of hydrogen-bond donors (Lipinski definition) is 0. The molecule has 0 saturated heterocycles. The summed E-state index contributed by atoms with van der Waals surface area (Å²) >= 11 is 0.0664. The molecule has 0 atom stereocenters. The molecule has 0 aromatic rings. The Hall–Kier alpha value is 0.882. The summed E-state index contributed by atoms with van der Waals surface area (Å²) in [6, 6.07) is 0. The third kappa shape index (κ3) is 11.4. The quantitative estimate of drug-likeness (QED) is 0.615. The normalized spacial score (nSPS) is 6.00. The molecule has 1 nitrogen and oxygen atoms in total. The van der Waals surface area contributed by atoms with E-state index in [1.54, 1.807) is 0 Å². The predicted molar refractivity (Wildman–Crippen MR) is 25.7 cm³/mol. The summed E-state index contributed by atoms with van der Waals surface area (Å²) in [5, 5.41) is 0. The summed E-state index contributed by atoms with van der Waals surface area (Å²) in [6.07, 6.45) is 0. The van der Waals surface area contributed by atoms with Crippen molar-refractivity contribution in [2.24, 2.45) is 0 Å². The minimum Gasteiger partial charge on any atom is -0.412 e. The van der Waals surface area contributed by atoms with Crippen molar-refractivity contribution < 1.29 is 5.48 Å². The molecule has 0 rings (SSSR count). The molecule has 0 heterocycles. The van der Waals surface area contributed by atoms with Crippen molar-refractivity contribution in [2.45, 2.75) is 15.4 Å². The van der Waals surface area contributed by atoms with Gasteiger partial charge >= 0.3 is 39.6 Å². The van der Waals surface area contributed by atoms with Gasteiger partial charge in [-0.2, -0.15) is 0 Å². The van der Waals surface area contributed by atoms with E-state index in [9.17, 15) is 0 Å². The fourth-order valence-electron chi connectivity index (χ4n) is 0. The molecule has 0 fully saturated rings. The van der Waals surface area contributed by atoms with Gasteiger partial charge in [-0.1, -0.05) is 0 Å². The van der Waals surface area contributed by atoms with E-state index in [1.165, 1.54) is 3.98 Å². The molecular weight excluding hydrogens is 259 g/mol. The van der Waals surface area contributed by atoms with Gasteiger partial charge in [0.15, 0.2) is 0 Å². The maximum Gasteiger partial charge on any atom is -0.412 e.